The van der Waals surface area contributed by atoms with E-state index in [4.69, 9.17) is 5.11 Å². The van der Waals surface area contributed by atoms with Crippen LogP contribution in [0.15, 0.2) is 12.3 Å². The van der Waals surface area contributed by atoms with E-state index in [1.54, 1.807) is 0 Å². The van der Waals surface area contributed by atoms with Crippen molar-refractivity contribution in [3.05, 3.63) is 28.1 Å². The van der Waals surface area contributed by atoms with E-state index in [1.807, 2.05) is 0 Å². The van der Waals surface area contributed by atoms with Crippen LogP contribution in [0.3, 0.4) is 0 Å². The van der Waals surface area contributed by atoms with Crippen LogP contribution in [0.1, 0.15) is 16.9 Å². The van der Waals surface area contributed by atoms with E-state index < -0.39 is 28.9 Å². The lowest BCUT2D eigenvalue weighted by Crippen LogP contribution is -2.40. The SMILES string of the molecule is O=C(O)[C@@H]1C[C@@H](O)CN1C(=O)c1cc([N+](=O)[O-])c[nH]1. The largest absolute Gasteiger partial charge is 0.480 e. The first-order valence-corrected chi connectivity index (χ1v) is 5.44. The van der Waals surface area contributed by atoms with Gasteiger partial charge in [0.1, 0.15) is 11.7 Å². The molecule has 0 unspecified atom stereocenters. The minimum atomic E-state index is -1.22. The Balaban J connectivity index is 2.22. The molecule has 102 valence electrons. The molecule has 9 nitrogen and oxygen atoms in total. The molecule has 0 radical (unpaired) electrons. The second kappa shape index (κ2) is 4.69. The molecule has 0 bridgehead atoms. The van der Waals surface area contributed by atoms with Gasteiger partial charge in [-0.1, -0.05) is 0 Å². The number of carboxylic acids is 1. The third-order valence-corrected chi connectivity index (χ3v) is 2.93. The predicted octanol–water partition coefficient (Wildman–Crippen LogP) is -0.417. The number of nitrogens with zero attached hydrogens (tertiary/aromatic N) is 2. The number of likely N-dealkylation sites (tertiary alicyclic amines) is 1. The number of aromatic nitrogens is 1. The minimum absolute atomic E-state index is 0.0517. The number of aromatic amines is 1. The highest BCUT2D eigenvalue weighted by Gasteiger charge is 2.39. The van der Waals surface area contributed by atoms with Crippen molar-refractivity contribution in [2.75, 3.05) is 6.54 Å². The number of β-amino-alcohol motifs (C(OH)–C–C–N with tert-alkyl or cyclic N) is 1. The van der Waals surface area contributed by atoms with Crippen molar-refractivity contribution in [1.82, 2.24) is 9.88 Å². The fourth-order valence-corrected chi connectivity index (χ4v) is 2.04. The second-order valence-corrected chi connectivity index (χ2v) is 4.23. The molecule has 19 heavy (non-hydrogen) atoms. The molecular formula is C10H11N3O6. The summed E-state index contributed by atoms with van der Waals surface area (Å²) < 4.78 is 0. The molecule has 1 amide bonds. The lowest BCUT2D eigenvalue weighted by Gasteiger charge is -2.20. The number of amides is 1. The summed E-state index contributed by atoms with van der Waals surface area (Å²) in [5, 5.41) is 28.9. The number of hydrogen-bond donors (Lipinski definition) is 3. The topological polar surface area (TPSA) is 137 Å². The normalized spacial score (nSPS) is 22.5. The molecule has 2 heterocycles. The van der Waals surface area contributed by atoms with E-state index in [0.29, 0.717) is 0 Å². The van der Waals surface area contributed by atoms with Gasteiger partial charge >= 0.3 is 5.97 Å². The number of aliphatic hydroxyl groups is 1. The summed E-state index contributed by atoms with van der Waals surface area (Å²) in [5.41, 5.74) is -0.359. The maximum Gasteiger partial charge on any atom is 0.326 e. The zero-order chi connectivity index (χ0) is 14.2. The summed E-state index contributed by atoms with van der Waals surface area (Å²) in [6, 6.07) is -0.0868. The van der Waals surface area contributed by atoms with Crippen molar-refractivity contribution < 1.29 is 24.7 Å². The van der Waals surface area contributed by atoms with Gasteiger partial charge in [0.15, 0.2) is 0 Å². The van der Waals surface area contributed by atoms with Crippen LogP contribution in [0.4, 0.5) is 5.69 Å². The molecule has 3 N–H and O–H groups in total. The van der Waals surface area contributed by atoms with Crippen LogP contribution < -0.4 is 0 Å². The third kappa shape index (κ3) is 2.40. The molecule has 2 rings (SSSR count). The van der Waals surface area contributed by atoms with Crippen molar-refractivity contribution in [3.8, 4) is 0 Å². The monoisotopic (exact) mass is 269 g/mol. The van der Waals surface area contributed by atoms with E-state index >= 15 is 0 Å². The van der Waals surface area contributed by atoms with Gasteiger partial charge in [0.2, 0.25) is 0 Å². The number of carboxylic acid groups (broad SMARTS) is 1. The maximum atomic E-state index is 12.0. The van der Waals surface area contributed by atoms with Gasteiger partial charge in [0.25, 0.3) is 11.6 Å². The van der Waals surface area contributed by atoms with Crippen LogP contribution in [0, 0.1) is 10.1 Å². The maximum absolute atomic E-state index is 12.0. The number of nitrogens with one attached hydrogen (secondary N) is 1. The second-order valence-electron chi connectivity index (χ2n) is 4.23. The van der Waals surface area contributed by atoms with Crippen molar-refractivity contribution in [1.29, 1.82) is 0 Å². The van der Waals surface area contributed by atoms with Gasteiger partial charge in [-0.15, -0.1) is 0 Å². The Kier molecular flexibility index (Phi) is 3.21. The first-order chi connectivity index (χ1) is 8.90. The van der Waals surface area contributed by atoms with E-state index in [1.165, 1.54) is 0 Å². The molecule has 9 heteroatoms. The van der Waals surface area contributed by atoms with Crippen molar-refractivity contribution in [2.45, 2.75) is 18.6 Å². The highest BCUT2D eigenvalue weighted by atomic mass is 16.6. The van der Waals surface area contributed by atoms with E-state index in [-0.39, 0.29) is 24.3 Å². The van der Waals surface area contributed by atoms with Crippen molar-refractivity contribution >= 4 is 17.6 Å². The first kappa shape index (κ1) is 13.0. The van der Waals surface area contributed by atoms with E-state index in [9.17, 15) is 24.8 Å². The Morgan fingerprint density at radius 2 is 2.21 bits per heavy atom. The number of aliphatic carboxylic acids is 1. The zero-order valence-electron chi connectivity index (χ0n) is 9.65. The standard InChI is InChI=1S/C10H11N3O6/c14-6-2-8(10(16)17)12(4-6)9(15)7-1-5(3-11-7)13(18)19/h1,3,6,8,11,14H,2,4H2,(H,16,17)/t6-,8+/m1/s1. The van der Waals surface area contributed by atoms with Crippen LogP contribution in [0.2, 0.25) is 0 Å². The molecule has 1 aliphatic rings. The fraction of sp³-hybridized carbons (Fsp3) is 0.400. The number of aliphatic hydroxyl groups excluding tert-OH is 1. The lowest BCUT2D eigenvalue weighted by molar-refractivity contribution is -0.384. The Hall–Kier alpha value is -2.42. The predicted molar refractivity (Wildman–Crippen MR) is 60.5 cm³/mol. The molecule has 1 aliphatic heterocycles. The Morgan fingerprint density at radius 3 is 2.74 bits per heavy atom. The average molecular weight is 269 g/mol. The van der Waals surface area contributed by atoms with Crippen molar-refractivity contribution in [3.63, 3.8) is 0 Å². The smallest absolute Gasteiger partial charge is 0.326 e. The van der Waals surface area contributed by atoms with Gasteiger partial charge < -0.3 is 20.1 Å². The van der Waals surface area contributed by atoms with Gasteiger partial charge in [0, 0.05) is 19.0 Å². The quantitative estimate of drug-likeness (QED) is 0.503. The molecule has 1 saturated heterocycles. The zero-order valence-corrected chi connectivity index (χ0v) is 9.65. The highest BCUT2D eigenvalue weighted by Crippen LogP contribution is 2.22. The lowest BCUT2D eigenvalue weighted by atomic mass is 10.2. The van der Waals surface area contributed by atoms with Gasteiger partial charge in [-0.2, -0.15) is 0 Å². The van der Waals surface area contributed by atoms with Gasteiger partial charge in [0.05, 0.1) is 17.2 Å². The summed E-state index contributed by atoms with van der Waals surface area (Å²) in [7, 11) is 0. The summed E-state index contributed by atoms with van der Waals surface area (Å²) in [6.07, 6.45) is 0.0920. The Morgan fingerprint density at radius 1 is 1.53 bits per heavy atom. The number of rotatable bonds is 3. The molecule has 1 aromatic heterocycles. The molecular weight excluding hydrogens is 258 g/mol. The molecule has 0 aromatic carbocycles. The van der Waals surface area contributed by atoms with Crippen LogP contribution in [0.25, 0.3) is 0 Å². The van der Waals surface area contributed by atoms with Crippen LogP contribution in [-0.2, 0) is 4.79 Å². The van der Waals surface area contributed by atoms with Crippen LogP contribution >= 0.6 is 0 Å². The Labute approximate surface area is 106 Å². The number of nitro groups is 1. The Bertz CT molecular complexity index is 539. The van der Waals surface area contributed by atoms with Crippen LogP contribution in [0.5, 0.6) is 0 Å². The number of hydrogen-bond acceptors (Lipinski definition) is 5. The van der Waals surface area contributed by atoms with Gasteiger partial charge in [-0.3, -0.25) is 14.9 Å². The summed E-state index contributed by atoms with van der Waals surface area (Å²) >= 11 is 0. The number of carbonyl (C=O) groups excluding carboxylic acids is 1. The number of carbonyl (C=O) groups is 2. The summed E-state index contributed by atoms with van der Waals surface area (Å²) in [5.74, 6) is -1.90. The van der Waals surface area contributed by atoms with Gasteiger partial charge in [-0.25, -0.2) is 4.79 Å². The third-order valence-electron chi connectivity index (χ3n) is 2.93. The molecule has 0 aliphatic carbocycles. The molecule has 2 atom stereocenters. The minimum Gasteiger partial charge on any atom is -0.480 e. The molecule has 0 saturated carbocycles. The molecule has 1 fully saturated rings. The van der Waals surface area contributed by atoms with Crippen molar-refractivity contribution in [2.24, 2.45) is 0 Å². The fourth-order valence-electron chi connectivity index (χ4n) is 2.04. The van der Waals surface area contributed by atoms with Gasteiger partial charge in [-0.05, 0) is 0 Å². The molecule has 0 spiro atoms. The number of H-pyrrole nitrogens is 1. The van der Waals surface area contributed by atoms with E-state index in [0.717, 1.165) is 17.2 Å². The molecule has 1 aromatic rings. The average Bonchev–Trinajstić information content (AvgIpc) is 2.94. The van der Waals surface area contributed by atoms with E-state index in [2.05, 4.69) is 4.98 Å². The summed E-state index contributed by atoms with van der Waals surface area (Å²) in [4.78, 5) is 36.3. The first-order valence-electron chi connectivity index (χ1n) is 5.44. The highest BCUT2D eigenvalue weighted by molar-refractivity contribution is 5.96. The van der Waals surface area contributed by atoms with Crippen LogP contribution in [-0.4, -0.2) is 55.6 Å². The summed E-state index contributed by atoms with van der Waals surface area (Å²) in [6.45, 7) is -0.109.